The summed E-state index contributed by atoms with van der Waals surface area (Å²) in [6.45, 7) is 2.14. The number of amides is 1. The van der Waals surface area contributed by atoms with Gasteiger partial charge in [0, 0.05) is 25.6 Å². The molecule has 144 valence electrons. The quantitative estimate of drug-likeness (QED) is 0.851. The van der Waals surface area contributed by atoms with E-state index in [9.17, 15) is 17.6 Å². The molecule has 3 rings (SSSR count). The number of hydrogen-bond acceptors (Lipinski definition) is 3. The van der Waals surface area contributed by atoms with Crippen molar-refractivity contribution in [3.63, 3.8) is 0 Å². The van der Waals surface area contributed by atoms with Crippen molar-refractivity contribution < 1.29 is 17.6 Å². The average molecular weight is 383 g/mol. The normalized spacial score (nSPS) is 24.4. The van der Waals surface area contributed by atoms with Gasteiger partial charge in [-0.25, -0.2) is 17.5 Å². The van der Waals surface area contributed by atoms with Crippen LogP contribution in [0.15, 0.2) is 29.2 Å². The third-order valence-electron chi connectivity index (χ3n) is 5.55. The summed E-state index contributed by atoms with van der Waals surface area (Å²) in [7, 11) is -3.62. The van der Waals surface area contributed by atoms with Gasteiger partial charge in [-0.2, -0.15) is 0 Å². The van der Waals surface area contributed by atoms with E-state index in [1.807, 2.05) is 4.90 Å². The van der Waals surface area contributed by atoms with Crippen LogP contribution in [0.25, 0.3) is 0 Å². The van der Waals surface area contributed by atoms with Gasteiger partial charge in [-0.05, 0) is 75.1 Å². The summed E-state index contributed by atoms with van der Waals surface area (Å²) >= 11 is 0. The number of halogens is 1. The number of carbonyl (C=O) groups is 1. The van der Waals surface area contributed by atoms with E-state index in [-0.39, 0.29) is 22.6 Å². The van der Waals surface area contributed by atoms with Gasteiger partial charge in [-0.1, -0.05) is 0 Å². The lowest BCUT2D eigenvalue weighted by molar-refractivity contribution is -0.137. The Labute approximate surface area is 155 Å². The average Bonchev–Trinajstić information content (AvgIpc) is 2.67. The fraction of sp³-hybridized carbons (Fsp3) is 0.632. The Hall–Kier alpha value is -1.47. The Morgan fingerprint density at radius 2 is 1.65 bits per heavy atom. The molecule has 1 aliphatic heterocycles. The molecule has 1 heterocycles. The zero-order valence-corrected chi connectivity index (χ0v) is 15.8. The van der Waals surface area contributed by atoms with Gasteiger partial charge in [-0.3, -0.25) is 4.79 Å². The lowest BCUT2D eigenvalue weighted by Crippen LogP contribution is -2.41. The van der Waals surface area contributed by atoms with E-state index >= 15 is 0 Å². The topological polar surface area (TPSA) is 66.5 Å². The lowest BCUT2D eigenvalue weighted by Gasteiger charge is -2.34. The zero-order chi connectivity index (χ0) is 18.6. The van der Waals surface area contributed by atoms with Crippen molar-refractivity contribution in [1.82, 2.24) is 9.62 Å². The number of benzene rings is 1. The van der Waals surface area contributed by atoms with Crippen LogP contribution in [0.4, 0.5) is 4.39 Å². The third-order valence-corrected chi connectivity index (χ3v) is 6.99. The van der Waals surface area contributed by atoms with Crippen LogP contribution >= 0.6 is 0 Å². The minimum atomic E-state index is -3.62. The summed E-state index contributed by atoms with van der Waals surface area (Å²) < 4.78 is 40.1. The molecule has 0 unspecified atom stereocenters. The standard InChI is InChI=1S/C19H27FN2O3S/c20-17-8-10-18(11-9-17)26(24,25)21-14-15-4-6-16(7-5-15)19(23)22-12-2-1-3-13-22/h8-11,15-16,21H,1-7,12-14H2. The number of rotatable bonds is 5. The van der Waals surface area contributed by atoms with Crippen molar-refractivity contribution in [3.05, 3.63) is 30.1 Å². The number of carbonyl (C=O) groups excluding carboxylic acids is 1. The molecule has 0 bridgehead atoms. The molecule has 1 saturated carbocycles. The summed E-state index contributed by atoms with van der Waals surface area (Å²) in [4.78, 5) is 14.7. The highest BCUT2D eigenvalue weighted by molar-refractivity contribution is 7.89. The Bertz CT molecular complexity index is 707. The van der Waals surface area contributed by atoms with Gasteiger partial charge in [-0.15, -0.1) is 0 Å². The molecule has 0 radical (unpaired) electrons. The second-order valence-corrected chi connectivity index (χ2v) is 9.18. The first kappa shape index (κ1) is 19.3. The first-order valence-corrected chi connectivity index (χ1v) is 11.0. The first-order valence-electron chi connectivity index (χ1n) is 9.50. The molecular weight excluding hydrogens is 355 g/mol. The van der Waals surface area contributed by atoms with E-state index in [0.29, 0.717) is 6.54 Å². The molecule has 2 aliphatic rings. The van der Waals surface area contributed by atoms with Crippen molar-refractivity contribution in [1.29, 1.82) is 0 Å². The van der Waals surface area contributed by atoms with E-state index in [2.05, 4.69) is 4.72 Å². The fourth-order valence-electron chi connectivity index (χ4n) is 3.91. The number of nitrogens with one attached hydrogen (secondary N) is 1. The van der Waals surface area contributed by atoms with Crippen LogP contribution in [0.2, 0.25) is 0 Å². The maximum atomic E-state index is 12.9. The summed E-state index contributed by atoms with van der Waals surface area (Å²) in [6, 6.07) is 4.83. The Balaban J connectivity index is 1.46. The number of likely N-dealkylation sites (tertiary alicyclic amines) is 1. The van der Waals surface area contributed by atoms with Gasteiger partial charge in [0.2, 0.25) is 15.9 Å². The van der Waals surface area contributed by atoms with Gasteiger partial charge in [0.05, 0.1) is 4.90 Å². The highest BCUT2D eigenvalue weighted by Gasteiger charge is 2.30. The van der Waals surface area contributed by atoms with Crippen molar-refractivity contribution in [2.45, 2.75) is 49.8 Å². The molecule has 0 aromatic heterocycles. The number of sulfonamides is 1. The molecule has 1 saturated heterocycles. The second-order valence-electron chi connectivity index (χ2n) is 7.41. The van der Waals surface area contributed by atoms with E-state index in [1.165, 1.54) is 18.6 Å². The van der Waals surface area contributed by atoms with Gasteiger partial charge in [0.15, 0.2) is 0 Å². The van der Waals surface area contributed by atoms with Crippen LogP contribution in [0.1, 0.15) is 44.9 Å². The van der Waals surface area contributed by atoms with Crippen LogP contribution in [0, 0.1) is 17.7 Å². The number of nitrogens with zero attached hydrogens (tertiary/aromatic N) is 1. The van der Waals surface area contributed by atoms with Gasteiger partial charge < -0.3 is 4.90 Å². The summed E-state index contributed by atoms with van der Waals surface area (Å²) in [5, 5.41) is 0. The fourth-order valence-corrected chi connectivity index (χ4v) is 5.03. The summed E-state index contributed by atoms with van der Waals surface area (Å²) in [5.74, 6) is 0.171. The predicted molar refractivity (Wildman–Crippen MR) is 97.5 cm³/mol. The SMILES string of the molecule is O=C(C1CCC(CNS(=O)(=O)c2ccc(F)cc2)CC1)N1CCCCC1. The van der Waals surface area contributed by atoms with Crippen LogP contribution in [-0.2, 0) is 14.8 Å². The molecule has 26 heavy (non-hydrogen) atoms. The minimum Gasteiger partial charge on any atom is -0.342 e. The van der Waals surface area contributed by atoms with Gasteiger partial charge >= 0.3 is 0 Å². The Morgan fingerprint density at radius 1 is 1.04 bits per heavy atom. The zero-order valence-electron chi connectivity index (χ0n) is 15.0. The van der Waals surface area contributed by atoms with Gasteiger partial charge in [0.1, 0.15) is 5.82 Å². The van der Waals surface area contributed by atoms with E-state index in [1.54, 1.807) is 0 Å². The third kappa shape index (κ3) is 4.82. The van der Waals surface area contributed by atoms with Crippen LogP contribution in [0.5, 0.6) is 0 Å². The predicted octanol–water partition coefficient (Wildman–Crippen LogP) is 2.92. The highest BCUT2D eigenvalue weighted by Crippen LogP contribution is 2.30. The Morgan fingerprint density at radius 3 is 2.27 bits per heavy atom. The van der Waals surface area contributed by atoms with Gasteiger partial charge in [0.25, 0.3) is 0 Å². The molecule has 0 atom stereocenters. The molecule has 5 nitrogen and oxygen atoms in total. The molecule has 1 aromatic carbocycles. The number of piperidine rings is 1. The van der Waals surface area contributed by atoms with Crippen molar-refractivity contribution in [3.8, 4) is 0 Å². The smallest absolute Gasteiger partial charge is 0.240 e. The molecule has 2 fully saturated rings. The summed E-state index contributed by atoms with van der Waals surface area (Å²) in [6.07, 6.45) is 6.80. The monoisotopic (exact) mass is 382 g/mol. The largest absolute Gasteiger partial charge is 0.342 e. The maximum Gasteiger partial charge on any atom is 0.240 e. The van der Waals surface area contributed by atoms with Crippen molar-refractivity contribution in [2.24, 2.45) is 11.8 Å². The van der Waals surface area contributed by atoms with Crippen molar-refractivity contribution >= 4 is 15.9 Å². The van der Waals surface area contributed by atoms with E-state index < -0.39 is 15.8 Å². The molecule has 7 heteroatoms. The molecular formula is C19H27FN2O3S. The molecule has 1 aliphatic carbocycles. The van der Waals surface area contributed by atoms with Crippen LogP contribution in [0.3, 0.4) is 0 Å². The second kappa shape index (κ2) is 8.48. The molecule has 1 aromatic rings. The molecule has 0 spiro atoms. The minimum absolute atomic E-state index is 0.0767. The first-order chi connectivity index (χ1) is 12.5. The van der Waals surface area contributed by atoms with E-state index in [0.717, 1.165) is 63.7 Å². The summed E-state index contributed by atoms with van der Waals surface area (Å²) in [5.41, 5.74) is 0. The van der Waals surface area contributed by atoms with Crippen LogP contribution < -0.4 is 4.72 Å². The van der Waals surface area contributed by atoms with Crippen molar-refractivity contribution in [2.75, 3.05) is 19.6 Å². The highest BCUT2D eigenvalue weighted by atomic mass is 32.2. The number of hydrogen-bond donors (Lipinski definition) is 1. The van der Waals surface area contributed by atoms with E-state index in [4.69, 9.17) is 0 Å². The maximum absolute atomic E-state index is 12.9. The lowest BCUT2D eigenvalue weighted by atomic mass is 9.81. The molecule has 1 amide bonds. The van der Waals surface area contributed by atoms with Crippen LogP contribution in [-0.4, -0.2) is 38.9 Å². The molecule has 1 N–H and O–H groups in total. The Kier molecular flexibility index (Phi) is 6.29.